The maximum atomic E-state index is 12.7. The summed E-state index contributed by atoms with van der Waals surface area (Å²) in [6.45, 7) is 4.04. The molecule has 0 bridgehead atoms. The zero-order valence-electron chi connectivity index (χ0n) is 19.3. The first-order valence-corrected chi connectivity index (χ1v) is 11.8. The standard InChI is InChI=1S/C26H28ClN3O4/c1-16-23(17(2)34-30-16)15-33-21-11-8-18(9-12-21)25(31)29-20-10-13-24(27)22(14-20)26(32)28-19-6-4-3-5-7-19/h8-14,19H,3-7,15H2,1-2H3,(H,28,32)(H,29,31). The molecular weight excluding hydrogens is 454 g/mol. The molecule has 0 unspecified atom stereocenters. The van der Waals surface area contributed by atoms with Crippen molar-refractivity contribution in [1.82, 2.24) is 10.5 Å². The van der Waals surface area contributed by atoms with Crippen molar-refractivity contribution in [3.63, 3.8) is 0 Å². The van der Waals surface area contributed by atoms with Gasteiger partial charge in [0, 0.05) is 17.3 Å². The van der Waals surface area contributed by atoms with Crippen LogP contribution in [0.15, 0.2) is 47.0 Å². The molecule has 1 aliphatic rings. The smallest absolute Gasteiger partial charge is 0.255 e. The predicted octanol–water partition coefficient (Wildman–Crippen LogP) is 5.84. The largest absolute Gasteiger partial charge is 0.489 e. The van der Waals surface area contributed by atoms with Gasteiger partial charge in [-0.05, 0) is 69.2 Å². The number of carbonyl (C=O) groups is 2. The van der Waals surface area contributed by atoms with Gasteiger partial charge in [-0.15, -0.1) is 0 Å². The molecule has 2 aromatic carbocycles. The van der Waals surface area contributed by atoms with E-state index in [1.807, 2.05) is 13.8 Å². The molecule has 4 rings (SSSR count). The lowest BCUT2D eigenvalue weighted by molar-refractivity contribution is 0.0926. The molecule has 0 aliphatic heterocycles. The molecule has 2 N–H and O–H groups in total. The summed E-state index contributed by atoms with van der Waals surface area (Å²) in [5.74, 6) is 0.846. The number of aromatic nitrogens is 1. The second kappa shape index (κ2) is 10.7. The van der Waals surface area contributed by atoms with Crippen LogP contribution in [0, 0.1) is 13.8 Å². The van der Waals surface area contributed by atoms with Gasteiger partial charge in [-0.2, -0.15) is 0 Å². The van der Waals surface area contributed by atoms with Crippen molar-refractivity contribution in [2.24, 2.45) is 0 Å². The second-order valence-electron chi connectivity index (χ2n) is 8.57. The molecular formula is C26H28ClN3O4. The van der Waals surface area contributed by atoms with Crippen molar-refractivity contribution in [1.29, 1.82) is 0 Å². The number of halogens is 1. The Morgan fingerprint density at radius 3 is 2.47 bits per heavy atom. The van der Waals surface area contributed by atoms with Gasteiger partial charge in [0.15, 0.2) is 0 Å². The van der Waals surface area contributed by atoms with Crippen LogP contribution in [-0.2, 0) is 6.61 Å². The number of carbonyl (C=O) groups excluding carboxylic acids is 2. The maximum Gasteiger partial charge on any atom is 0.255 e. The second-order valence-corrected chi connectivity index (χ2v) is 8.98. The number of nitrogens with one attached hydrogen (secondary N) is 2. The van der Waals surface area contributed by atoms with Gasteiger partial charge in [0.1, 0.15) is 18.1 Å². The van der Waals surface area contributed by atoms with E-state index in [4.69, 9.17) is 20.9 Å². The lowest BCUT2D eigenvalue weighted by atomic mass is 9.95. The Morgan fingerprint density at radius 1 is 1.06 bits per heavy atom. The van der Waals surface area contributed by atoms with Crippen molar-refractivity contribution < 1.29 is 18.8 Å². The van der Waals surface area contributed by atoms with E-state index in [0.29, 0.717) is 34.2 Å². The average molecular weight is 482 g/mol. The lowest BCUT2D eigenvalue weighted by Gasteiger charge is -2.23. The zero-order valence-corrected chi connectivity index (χ0v) is 20.1. The topological polar surface area (TPSA) is 93.5 Å². The van der Waals surface area contributed by atoms with Gasteiger partial charge >= 0.3 is 0 Å². The molecule has 1 aromatic heterocycles. The van der Waals surface area contributed by atoms with Crippen molar-refractivity contribution in [3.05, 3.63) is 75.6 Å². The molecule has 1 saturated carbocycles. The summed E-state index contributed by atoms with van der Waals surface area (Å²) in [6, 6.07) is 11.9. The maximum absolute atomic E-state index is 12.7. The lowest BCUT2D eigenvalue weighted by Crippen LogP contribution is -2.36. The number of anilines is 1. The molecule has 1 fully saturated rings. The first kappa shape index (κ1) is 23.8. The first-order valence-electron chi connectivity index (χ1n) is 11.5. The third kappa shape index (κ3) is 5.78. The van der Waals surface area contributed by atoms with Crippen molar-refractivity contribution in [2.75, 3.05) is 5.32 Å². The predicted molar refractivity (Wildman–Crippen MR) is 130 cm³/mol. The van der Waals surface area contributed by atoms with E-state index in [9.17, 15) is 9.59 Å². The Morgan fingerprint density at radius 2 is 1.79 bits per heavy atom. The van der Waals surface area contributed by atoms with Crippen LogP contribution in [0.4, 0.5) is 5.69 Å². The number of hydrogen-bond donors (Lipinski definition) is 2. The fraction of sp³-hybridized carbons (Fsp3) is 0.346. The molecule has 1 aliphatic carbocycles. The van der Waals surface area contributed by atoms with Gasteiger partial charge in [0.25, 0.3) is 11.8 Å². The first-order chi connectivity index (χ1) is 16.4. The van der Waals surface area contributed by atoms with Crippen LogP contribution in [0.2, 0.25) is 5.02 Å². The summed E-state index contributed by atoms with van der Waals surface area (Å²) in [5.41, 5.74) is 3.03. The summed E-state index contributed by atoms with van der Waals surface area (Å²) in [6.07, 6.45) is 5.43. The molecule has 3 aromatic rings. The van der Waals surface area contributed by atoms with Crippen molar-refractivity contribution in [2.45, 2.75) is 58.6 Å². The number of ether oxygens (including phenoxy) is 1. The number of amides is 2. The average Bonchev–Trinajstić information content (AvgIpc) is 3.16. The van der Waals surface area contributed by atoms with Crippen LogP contribution in [0.3, 0.4) is 0 Å². The van der Waals surface area contributed by atoms with E-state index in [-0.39, 0.29) is 17.9 Å². The Hall–Kier alpha value is -3.32. The van der Waals surface area contributed by atoms with E-state index in [1.165, 1.54) is 6.42 Å². The van der Waals surface area contributed by atoms with E-state index in [0.717, 1.165) is 42.7 Å². The minimum Gasteiger partial charge on any atom is -0.489 e. The van der Waals surface area contributed by atoms with Crippen LogP contribution in [-0.4, -0.2) is 23.0 Å². The summed E-state index contributed by atoms with van der Waals surface area (Å²) < 4.78 is 10.9. The third-order valence-corrected chi connectivity index (χ3v) is 6.42. The summed E-state index contributed by atoms with van der Waals surface area (Å²) in [4.78, 5) is 25.5. The summed E-state index contributed by atoms with van der Waals surface area (Å²) in [5, 5.41) is 10.2. The minimum atomic E-state index is -0.293. The van der Waals surface area contributed by atoms with Gasteiger partial charge < -0.3 is 19.9 Å². The number of benzene rings is 2. The molecule has 178 valence electrons. The molecule has 7 nitrogen and oxygen atoms in total. The van der Waals surface area contributed by atoms with Gasteiger partial charge in [0.05, 0.1) is 21.8 Å². The quantitative estimate of drug-likeness (QED) is 0.442. The molecule has 0 saturated heterocycles. The Balaban J connectivity index is 1.37. The highest BCUT2D eigenvalue weighted by Gasteiger charge is 2.19. The van der Waals surface area contributed by atoms with Crippen LogP contribution in [0.5, 0.6) is 5.75 Å². The SMILES string of the molecule is Cc1noc(C)c1COc1ccc(C(=O)Nc2ccc(Cl)c(C(=O)NC3CCCCC3)c2)cc1. The molecule has 0 spiro atoms. The van der Waals surface area contributed by atoms with Crippen LogP contribution in [0.1, 0.15) is 69.8 Å². The van der Waals surface area contributed by atoms with Gasteiger partial charge in [-0.25, -0.2) is 0 Å². The molecule has 0 radical (unpaired) electrons. The van der Waals surface area contributed by atoms with Crippen LogP contribution in [0.25, 0.3) is 0 Å². The highest BCUT2D eigenvalue weighted by molar-refractivity contribution is 6.34. The van der Waals surface area contributed by atoms with Crippen molar-refractivity contribution in [3.8, 4) is 5.75 Å². The Labute approximate surface area is 203 Å². The fourth-order valence-corrected chi connectivity index (χ4v) is 4.26. The van der Waals surface area contributed by atoms with Crippen LogP contribution >= 0.6 is 11.6 Å². The monoisotopic (exact) mass is 481 g/mol. The van der Waals surface area contributed by atoms with E-state index in [2.05, 4.69) is 15.8 Å². The number of rotatable bonds is 7. The molecule has 1 heterocycles. The molecule has 8 heteroatoms. The summed E-state index contributed by atoms with van der Waals surface area (Å²) >= 11 is 6.27. The molecule has 2 amide bonds. The fourth-order valence-electron chi connectivity index (χ4n) is 4.06. The number of nitrogens with zero attached hydrogens (tertiary/aromatic N) is 1. The van der Waals surface area contributed by atoms with Gasteiger partial charge in [-0.3, -0.25) is 9.59 Å². The van der Waals surface area contributed by atoms with E-state index >= 15 is 0 Å². The van der Waals surface area contributed by atoms with Gasteiger partial charge in [0.2, 0.25) is 0 Å². The van der Waals surface area contributed by atoms with Gasteiger partial charge in [-0.1, -0.05) is 36.0 Å². The van der Waals surface area contributed by atoms with Crippen LogP contribution < -0.4 is 15.4 Å². The highest BCUT2D eigenvalue weighted by atomic mass is 35.5. The number of aryl methyl sites for hydroxylation is 2. The van der Waals surface area contributed by atoms with Crippen molar-refractivity contribution >= 4 is 29.1 Å². The van der Waals surface area contributed by atoms with E-state index in [1.54, 1.807) is 42.5 Å². The third-order valence-electron chi connectivity index (χ3n) is 6.09. The zero-order chi connectivity index (χ0) is 24.1. The van der Waals surface area contributed by atoms with E-state index < -0.39 is 0 Å². The minimum absolute atomic E-state index is 0.175. The normalized spacial score (nSPS) is 14.0. The molecule has 0 atom stereocenters. The Bertz CT molecular complexity index is 1150. The summed E-state index contributed by atoms with van der Waals surface area (Å²) in [7, 11) is 0. The molecule has 34 heavy (non-hydrogen) atoms. The Kier molecular flexibility index (Phi) is 7.53. The highest BCUT2D eigenvalue weighted by Crippen LogP contribution is 2.24. The number of hydrogen-bond acceptors (Lipinski definition) is 5.